The summed E-state index contributed by atoms with van der Waals surface area (Å²) >= 11 is 0. The third kappa shape index (κ3) is 3.18. The van der Waals surface area contributed by atoms with E-state index in [-0.39, 0.29) is 0 Å². The van der Waals surface area contributed by atoms with Crippen molar-refractivity contribution >= 4 is 8.07 Å². The van der Waals surface area contributed by atoms with Crippen LogP contribution in [0.4, 0.5) is 0 Å². The van der Waals surface area contributed by atoms with Crippen molar-refractivity contribution in [1.29, 1.82) is 0 Å². The van der Waals surface area contributed by atoms with Gasteiger partial charge in [0.25, 0.3) is 0 Å². The van der Waals surface area contributed by atoms with E-state index < -0.39 is 8.07 Å². The van der Waals surface area contributed by atoms with E-state index in [1.807, 2.05) is 6.08 Å². The molecule has 1 unspecified atom stereocenters. The minimum absolute atomic E-state index is 0.293. The first kappa shape index (κ1) is 9.92. The van der Waals surface area contributed by atoms with Crippen LogP contribution >= 0.6 is 0 Å². The molecule has 60 valence electrons. The third-order valence-electron chi connectivity index (χ3n) is 1.84. The molecule has 0 heterocycles. The Kier molecular flexibility index (Phi) is 3.90. The highest BCUT2D eigenvalue weighted by atomic mass is 28.3. The number of aliphatic hydroxyl groups is 1. The van der Waals surface area contributed by atoms with E-state index in [2.05, 4.69) is 26.2 Å². The second-order valence-electron chi connectivity index (χ2n) is 3.72. The van der Waals surface area contributed by atoms with E-state index in [9.17, 15) is 0 Å². The minimum Gasteiger partial charge on any atom is -0.396 e. The van der Waals surface area contributed by atoms with Gasteiger partial charge in [0.05, 0.1) is 8.07 Å². The van der Waals surface area contributed by atoms with Crippen molar-refractivity contribution in [3.05, 3.63) is 12.7 Å². The van der Waals surface area contributed by atoms with Crippen molar-refractivity contribution in [2.24, 2.45) is 0 Å². The molecule has 0 bridgehead atoms. The fourth-order valence-electron chi connectivity index (χ4n) is 1.04. The molecule has 0 saturated carbocycles. The fraction of sp³-hybridized carbons (Fsp3) is 0.750. The molecule has 0 fully saturated rings. The highest BCUT2D eigenvalue weighted by Crippen LogP contribution is 2.25. The zero-order valence-electron chi connectivity index (χ0n) is 7.22. The minimum atomic E-state index is -1.09. The van der Waals surface area contributed by atoms with Crippen molar-refractivity contribution < 1.29 is 5.11 Å². The Hall–Kier alpha value is -0.0831. The summed E-state index contributed by atoms with van der Waals surface area (Å²) in [6, 6.07) is 0. The highest BCUT2D eigenvalue weighted by Gasteiger charge is 2.22. The molecule has 10 heavy (non-hydrogen) atoms. The molecule has 0 spiro atoms. The predicted octanol–water partition coefficient (Wildman–Crippen LogP) is 2.26. The van der Waals surface area contributed by atoms with Crippen LogP contribution in [0.1, 0.15) is 6.42 Å². The first-order chi connectivity index (χ1) is 4.52. The van der Waals surface area contributed by atoms with Crippen LogP contribution in [0.3, 0.4) is 0 Å². The van der Waals surface area contributed by atoms with Gasteiger partial charge in [0.1, 0.15) is 0 Å². The van der Waals surface area contributed by atoms with Crippen LogP contribution in [0.25, 0.3) is 0 Å². The molecular weight excluding hydrogens is 140 g/mol. The van der Waals surface area contributed by atoms with Gasteiger partial charge in [0.2, 0.25) is 0 Å². The molecule has 1 atom stereocenters. The summed E-state index contributed by atoms with van der Waals surface area (Å²) in [5.74, 6) is 0. The largest absolute Gasteiger partial charge is 0.396 e. The fourth-order valence-corrected chi connectivity index (χ4v) is 2.75. The SMILES string of the molecule is C=CC(CCO)[Si](C)(C)C. The lowest BCUT2D eigenvalue weighted by Crippen LogP contribution is -2.27. The average molecular weight is 158 g/mol. The second-order valence-corrected chi connectivity index (χ2v) is 9.19. The van der Waals surface area contributed by atoms with Gasteiger partial charge in [-0.3, -0.25) is 0 Å². The maximum atomic E-state index is 8.71. The van der Waals surface area contributed by atoms with Crippen LogP contribution < -0.4 is 0 Å². The Bertz CT molecular complexity index is 104. The molecule has 0 saturated heterocycles. The molecule has 0 rings (SSSR count). The normalized spacial score (nSPS) is 14.8. The van der Waals surface area contributed by atoms with Crippen LogP contribution in [0.15, 0.2) is 12.7 Å². The molecule has 0 aromatic heterocycles. The van der Waals surface area contributed by atoms with E-state index in [0.717, 1.165) is 6.42 Å². The lowest BCUT2D eigenvalue weighted by Gasteiger charge is -2.24. The summed E-state index contributed by atoms with van der Waals surface area (Å²) in [7, 11) is -1.09. The third-order valence-corrected chi connectivity index (χ3v) is 4.59. The molecule has 1 N–H and O–H groups in total. The summed E-state index contributed by atoms with van der Waals surface area (Å²) in [5, 5.41) is 8.71. The van der Waals surface area contributed by atoms with Crippen molar-refractivity contribution in [3.8, 4) is 0 Å². The molecule has 0 amide bonds. The molecule has 0 aliphatic rings. The van der Waals surface area contributed by atoms with E-state index in [4.69, 9.17) is 5.11 Å². The first-order valence-corrected chi connectivity index (χ1v) is 7.33. The lowest BCUT2D eigenvalue weighted by atomic mass is 10.3. The maximum Gasteiger partial charge on any atom is 0.0514 e. The van der Waals surface area contributed by atoms with Crippen LogP contribution in [0.5, 0.6) is 0 Å². The summed E-state index contributed by atoms with van der Waals surface area (Å²) in [5.41, 5.74) is 0.567. The molecule has 0 radical (unpaired) electrons. The first-order valence-electron chi connectivity index (χ1n) is 3.75. The van der Waals surface area contributed by atoms with Gasteiger partial charge >= 0.3 is 0 Å². The van der Waals surface area contributed by atoms with Gasteiger partial charge in [-0.2, -0.15) is 0 Å². The zero-order chi connectivity index (χ0) is 8.20. The van der Waals surface area contributed by atoms with Crippen LogP contribution in [-0.2, 0) is 0 Å². The molecule has 0 aliphatic carbocycles. The number of hydrogen-bond acceptors (Lipinski definition) is 1. The van der Waals surface area contributed by atoms with Gasteiger partial charge in [0, 0.05) is 6.61 Å². The summed E-state index contributed by atoms with van der Waals surface area (Å²) in [6.45, 7) is 11.0. The number of aliphatic hydroxyl groups excluding tert-OH is 1. The van der Waals surface area contributed by atoms with Gasteiger partial charge in [0.15, 0.2) is 0 Å². The molecule has 0 aliphatic heterocycles. The van der Waals surface area contributed by atoms with Crippen LogP contribution in [0.2, 0.25) is 25.2 Å². The van der Waals surface area contributed by atoms with Crippen molar-refractivity contribution in [3.63, 3.8) is 0 Å². The van der Waals surface area contributed by atoms with Crippen molar-refractivity contribution in [2.75, 3.05) is 6.61 Å². The van der Waals surface area contributed by atoms with E-state index in [1.54, 1.807) is 0 Å². The Morgan fingerprint density at radius 1 is 1.50 bits per heavy atom. The lowest BCUT2D eigenvalue weighted by molar-refractivity contribution is 0.289. The van der Waals surface area contributed by atoms with E-state index in [1.165, 1.54) is 0 Å². The average Bonchev–Trinajstić information content (AvgIpc) is 1.80. The topological polar surface area (TPSA) is 20.2 Å². The molecular formula is C8H18OSi. The predicted molar refractivity (Wildman–Crippen MR) is 49.0 cm³/mol. The standard InChI is InChI=1S/C8H18OSi/c1-5-8(6-7-9)10(2,3)4/h5,8-9H,1,6-7H2,2-4H3. The summed E-state index contributed by atoms with van der Waals surface area (Å²) in [4.78, 5) is 0. The molecule has 0 aromatic rings. The van der Waals surface area contributed by atoms with Gasteiger partial charge in [-0.05, 0) is 12.0 Å². The molecule has 0 aromatic carbocycles. The Morgan fingerprint density at radius 2 is 2.00 bits per heavy atom. The summed E-state index contributed by atoms with van der Waals surface area (Å²) in [6.07, 6.45) is 2.88. The zero-order valence-corrected chi connectivity index (χ0v) is 8.22. The Morgan fingerprint density at radius 3 is 2.10 bits per heavy atom. The van der Waals surface area contributed by atoms with Crippen molar-refractivity contribution in [1.82, 2.24) is 0 Å². The van der Waals surface area contributed by atoms with Gasteiger partial charge < -0.3 is 5.11 Å². The Balaban J connectivity index is 3.93. The van der Waals surface area contributed by atoms with E-state index >= 15 is 0 Å². The second kappa shape index (κ2) is 3.94. The van der Waals surface area contributed by atoms with E-state index in [0.29, 0.717) is 12.1 Å². The number of hydrogen-bond donors (Lipinski definition) is 1. The Labute approximate surface area is 64.8 Å². The van der Waals surface area contributed by atoms with Crippen molar-refractivity contribution in [2.45, 2.75) is 31.6 Å². The monoisotopic (exact) mass is 158 g/mol. The number of rotatable bonds is 4. The molecule has 2 heteroatoms. The van der Waals surface area contributed by atoms with Gasteiger partial charge in [-0.15, -0.1) is 6.58 Å². The summed E-state index contributed by atoms with van der Waals surface area (Å²) < 4.78 is 0. The highest BCUT2D eigenvalue weighted by molar-refractivity contribution is 6.78. The smallest absolute Gasteiger partial charge is 0.0514 e. The quantitative estimate of drug-likeness (QED) is 0.491. The maximum absolute atomic E-state index is 8.71. The molecule has 1 nitrogen and oxygen atoms in total. The van der Waals surface area contributed by atoms with Crippen LogP contribution in [-0.4, -0.2) is 19.8 Å². The van der Waals surface area contributed by atoms with Gasteiger partial charge in [-0.1, -0.05) is 25.7 Å². The van der Waals surface area contributed by atoms with Crippen LogP contribution in [0, 0.1) is 0 Å². The number of allylic oxidation sites excluding steroid dienone is 1. The van der Waals surface area contributed by atoms with Gasteiger partial charge in [-0.25, -0.2) is 0 Å².